The van der Waals surface area contributed by atoms with Gasteiger partial charge in [-0.05, 0) is 71.0 Å². The molecule has 2 amide bonds. The van der Waals surface area contributed by atoms with E-state index in [1.807, 2.05) is 77.1 Å². The summed E-state index contributed by atoms with van der Waals surface area (Å²) in [4.78, 5) is 26.6. The zero-order chi connectivity index (χ0) is 20.0. The second-order valence-electron chi connectivity index (χ2n) is 7.83. The average Bonchev–Trinajstić information content (AvgIpc) is 2.59. The van der Waals surface area contributed by atoms with Crippen LogP contribution in [0.4, 0.5) is 11.4 Å². The van der Waals surface area contributed by atoms with E-state index >= 15 is 0 Å². The normalized spacial score (nSPS) is 11.2. The van der Waals surface area contributed by atoms with E-state index in [0.717, 1.165) is 11.4 Å². The SMILES string of the molecule is CC(C)N(C(=O)CNc1ccc(C(=O)NC(C)(C)C)cc1)c1ccccc1. The summed E-state index contributed by atoms with van der Waals surface area (Å²) < 4.78 is 0. The molecule has 5 nitrogen and oxygen atoms in total. The van der Waals surface area contributed by atoms with Crippen LogP contribution in [-0.4, -0.2) is 29.9 Å². The number of para-hydroxylation sites is 1. The number of benzene rings is 2. The molecule has 2 N–H and O–H groups in total. The topological polar surface area (TPSA) is 61.4 Å². The maximum absolute atomic E-state index is 12.7. The lowest BCUT2D eigenvalue weighted by molar-refractivity contribution is -0.117. The summed E-state index contributed by atoms with van der Waals surface area (Å²) in [6.07, 6.45) is 0. The van der Waals surface area contributed by atoms with E-state index in [9.17, 15) is 9.59 Å². The highest BCUT2D eigenvalue weighted by Crippen LogP contribution is 2.17. The minimum absolute atomic E-state index is 0.00856. The molecule has 0 saturated heterocycles. The summed E-state index contributed by atoms with van der Waals surface area (Å²) >= 11 is 0. The molecule has 0 spiro atoms. The van der Waals surface area contributed by atoms with Gasteiger partial charge in [-0.1, -0.05) is 18.2 Å². The first-order chi connectivity index (χ1) is 12.7. The van der Waals surface area contributed by atoms with E-state index in [1.165, 1.54) is 0 Å². The quantitative estimate of drug-likeness (QED) is 0.809. The first-order valence-electron chi connectivity index (χ1n) is 9.21. The number of anilines is 2. The number of carbonyl (C=O) groups excluding carboxylic acids is 2. The molecule has 144 valence electrons. The monoisotopic (exact) mass is 367 g/mol. The minimum atomic E-state index is -0.280. The van der Waals surface area contributed by atoms with Gasteiger partial charge in [0.15, 0.2) is 0 Å². The number of hydrogen-bond acceptors (Lipinski definition) is 3. The average molecular weight is 367 g/mol. The lowest BCUT2D eigenvalue weighted by Crippen LogP contribution is -2.40. The molecule has 0 fully saturated rings. The second kappa shape index (κ2) is 8.71. The molecule has 0 aliphatic rings. The van der Waals surface area contributed by atoms with E-state index in [0.29, 0.717) is 5.56 Å². The summed E-state index contributed by atoms with van der Waals surface area (Å²) in [6, 6.07) is 16.8. The van der Waals surface area contributed by atoms with Gasteiger partial charge in [-0.2, -0.15) is 0 Å². The van der Waals surface area contributed by atoms with Gasteiger partial charge in [-0.25, -0.2) is 0 Å². The summed E-state index contributed by atoms with van der Waals surface area (Å²) in [5.74, 6) is -0.120. The molecular weight excluding hydrogens is 338 g/mol. The van der Waals surface area contributed by atoms with Gasteiger partial charge in [0.2, 0.25) is 5.91 Å². The highest BCUT2D eigenvalue weighted by Gasteiger charge is 2.19. The van der Waals surface area contributed by atoms with Crippen LogP contribution in [0, 0.1) is 0 Å². The first-order valence-corrected chi connectivity index (χ1v) is 9.21. The van der Waals surface area contributed by atoms with Crippen LogP contribution >= 0.6 is 0 Å². The van der Waals surface area contributed by atoms with E-state index in [2.05, 4.69) is 10.6 Å². The van der Waals surface area contributed by atoms with Crippen LogP contribution in [0.15, 0.2) is 54.6 Å². The Bertz CT molecular complexity index is 762. The van der Waals surface area contributed by atoms with Crippen molar-refractivity contribution in [2.45, 2.75) is 46.2 Å². The Morgan fingerprint density at radius 2 is 1.56 bits per heavy atom. The maximum atomic E-state index is 12.7. The molecule has 0 aromatic heterocycles. The maximum Gasteiger partial charge on any atom is 0.251 e. The van der Waals surface area contributed by atoms with Crippen LogP contribution in [0.25, 0.3) is 0 Å². The van der Waals surface area contributed by atoms with Gasteiger partial charge in [-0.15, -0.1) is 0 Å². The third-order valence-electron chi connectivity index (χ3n) is 3.90. The van der Waals surface area contributed by atoms with Gasteiger partial charge in [0, 0.05) is 28.5 Å². The third-order valence-corrected chi connectivity index (χ3v) is 3.90. The lowest BCUT2D eigenvalue weighted by Gasteiger charge is -2.27. The fraction of sp³-hybridized carbons (Fsp3) is 0.364. The van der Waals surface area contributed by atoms with Crippen molar-refractivity contribution in [2.24, 2.45) is 0 Å². The van der Waals surface area contributed by atoms with Gasteiger partial charge in [0.25, 0.3) is 5.91 Å². The first kappa shape index (κ1) is 20.5. The molecule has 0 aliphatic carbocycles. The van der Waals surface area contributed by atoms with Crippen molar-refractivity contribution in [3.05, 3.63) is 60.2 Å². The molecule has 0 aliphatic heterocycles. The van der Waals surface area contributed by atoms with Crippen LogP contribution in [0.2, 0.25) is 0 Å². The van der Waals surface area contributed by atoms with E-state index < -0.39 is 0 Å². The molecule has 2 rings (SSSR count). The molecule has 0 radical (unpaired) electrons. The molecule has 0 atom stereocenters. The molecule has 0 unspecified atom stereocenters. The summed E-state index contributed by atoms with van der Waals surface area (Å²) in [6.45, 7) is 10.0. The van der Waals surface area contributed by atoms with Gasteiger partial charge in [0.1, 0.15) is 0 Å². The number of nitrogens with zero attached hydrogens (tertiary/aromatic N) is 1. The predicted molar refractivity (Wildman–Crippen MR) is 111 cm³/mol. The Hall–Kier alpha value is -2.82. The van der Waals surface area contributed by atoms with Gasteiger partial charge < -0.3 is 15.5 Å². The Balaban J connectivity index is 1.99. The highest BCUT2D eigenvalue weighted by molar-refractivity contribution is 5.97. The molecule has 0 saturated carbocycles. The zero-order valence-corrected chi connectivity index (χ0v) is 16.7. The van der Waals surface area contributed by atoms with Crippen LogP contribution in [0.5, 0.6) is 0 Å². The van der Waals surface area contributed by atoms with Gasteiger partial charge >= 0.3 is 0 Å². The van der Waals surface area contributed by atoms with Crippen molar-refractivity contribution < 1.29 is 9.59 Å². The van der Waals surface area contributed by atoms with Crippen LogP contribution in [-0.2, 0) is 4.79 Å². The fourth-order valence-corrected chi connectivity index (χ4v) is 2.73. The fourth-order valence-electron chi connectivity index (χ4n) is 2.73. The smallest absolute Gasteiger partial charge is 0.251 e. The summed E-state index contributed by atoms with van der Waals surface area (Å²) in [5.41, 5.74) is 1.99. The van der Waals surface area contributed by atoms with Crippen molar-refractivity contribution >= 4 is 23.2 Å². The van der Waals surface area contributed by atoms with Gasteiger partial charge in [0.05, 0.1) is 6.54 Å². The largest absolute Gasteiger partial charge is 0.376 e. The number of rotatable bonds is 6. The molecule has 0 heterocycles. The predicted octanol–water partition coefficient (Wildman–Crippen LogP) is 4.07. The Morgan fingerprint density at radius 3 is 2.07 bits per heavy atom. The van der Waals surface area contributed by atoms with E-state index in [1.54, 1.807) is 17.0 Å². The van der Waals surface area contributed by atoms with Crippen LogP contribution in [0.1, 0.15) is 45.0 Å². The summed E-state index contributed by atoms with van der Waals surface area (Å²) in [7, 11) is 0. The minimum Gasteiger partial charge on any atom is -0.376 e. The van der Waals surface area contributed by atoms with Crippen molar-refractivity contribution in [3.63, 3.8) is 0 Å². The molecule has 2 aromatic carbocycles. The summed E-state index contributed by atoms with van der Waals surface area (Å²) in [5, 5.41) is 6.07. The van der Waals surface area contributed by atoms with Crippen LogP contribution < -0.4 is 15.5 Å². The number of amides is 2. The van der Waals surface area contributed by atoms with Gasteiger partial charge in [-0.3, -0.25) is 9.59 Å². The molecule has 27 heavy (non-hydrogen) atoms. The second-order valence-corrected chi connectivity index (χ2v) is 7.83. The Morgan fingerprint density at radius 1 is 0.963 bits per heavy atom. The Labute approximate surface area is 161 Å². The van der Waals surface area contributed by atoms with E-state index in [4.69, 9.17) is 0 Å². The number of nitrogens with one attached hydrogen (secondary N) is 2. The third kappa shape index (κ3) is 6.13. The van der Waals surface area contributed by atoms with Crippen molar-refractivity contribution in [1.82, 2.24) is 5.32 Å². The zero-order valence-electron chi connectivity index (χ0n) is 16.7. The number of hydrogen-bond donors (Lipinski definition) is 2. The highest BCUT2D eigenvalue weighted by atomic mass is 16.2. The molecule has 2 aromatic rings. The molecule has 5 heteroatoms. The van der Waals surface area contributed by atoms with E-state index in [-0.39, 0.29) is 29.9 Å². The number of carbonyl (C=O) groups is 2. The van der Waals surface area contributed by atoms with Crippen LogP contribution in [0.3, 0.4) is 0 Å². The lowest BCUT2D eigenvalue weighted by atomic mass is 10.1. The van der Waals surface area contributed by atoms with Crippen molar-refractivity contribution in [1.29, 1.82) is 0 Å². The molecule has 0 bridgehead atoms. The van der Waals surface area contributed by atoms with Crippen molar-refractivity contribution in [3.8, 4) is 0 Å². The molecular formula is C22H29N3O2. The standard InChI is InChI=1S/C22H29N3O2/c1-16(2)25(19-9-7-6-8-10-19)20(26)15-23-18-13-11-17(12-14-18)21(27)24-22(3,4)5/h6-14,16,23H,15H2,1-5H3,(H,24,27). The van der Waals surface area contributed by atoms with Crippen molar-refractivity contribution in [2.75, 3.05) is 16.8 Å². The Kier molecular flexibility index (Phi) is 6.61.